The summed E-state index contributed by atoms with van der Waals surface area (Å²) in [6.45, 7) is 2.81. The number of ether oxygens (including phenoxy) is 2. The number of hydrazone groups is 1. The maximum atomic E-state index is 11.8. The zero-order valence-electron chi connectivity index (χ0n) is 12.7. The first kappa shape index (κ1) is 16.2. The molecular formula is C14H17N3O4S. The van der Waals surface area contributed by atoms with Crippen LogP contribution in [0.2, 0.25) is 0 Å². The summed E-state index contributed by atoms with van der Waals surface area (Å²) in [4.78, 5) is 23.0. The van der Waals surface area contributed by atoms with Crippen molar-refractivity contribution in [2.24, 2.45) is 5.10 Å². The molecule has 0 fully saturated rings. The van der Waals surface area contributed by atoms with Crippen LogP contribution < -0.4 is 14.8 Å². The number of carbonyl (C=O) groups excluding carboxylic acids is 2. The van der Waals surface area contributed by atoms with Crippen LogP contribution in [-0.4, -0.2) is 36.2 Å². The molecule has 0 saturated heterocycles. The summed E-state index contributed by atoms with van der Waals surface area (Å²) < 4.78 is 10.6. The minimum atomic E-state index is -0.426. The van der Waals surface area contributed by atoms with Gasteiger partial charge in [-0.3, -0.25) is 9.59 Å². The van der Waals surface area contributed by atoms with Crippen molar-refractivity contribution < 1.29 is 19.1 Å². The van der Waals surface area contributed by atoms with Crippen LogP contribution in [-0.2, 0) is 9.59 Å². The van der Waals surface area contributed by atoms with E-state index in [1.807, 2.05) is 0 Å². The Morgan fingerprint density at radius 2 is 2.00 bits per heavy atom. The minimum absolute atomic E-state index is 0.234. The fourth-order valence-corrected chi connectivity index (χ4v) is 3.15. The van der Waals surface area contributed by atoms with Gasteiger partial charge in [-0.05, 0) is 18.2 Å². The molecule has 0 unspecified atom stereocenters. The third kappa shape index (κ3) is 3.33. The van der Waals surface area contributed by atoms with Crippen LogP contribution in [0, 0.1) is 0 Å². The average Bonchev–Trinajstić information content (AvgIpc) is 2.89. The molecule has 1 aromatic rings. The molecule has 1 aromatic carbocycles. The molecule has 7 nitrogen and oxygen atoms in total. The van der Waals surface area contributed by atoms with Crippen molar-refractivity contribution >= 4 is 28.7 Å². The minimum Gasteiger partial charge on any atom is -0.497 e. The number of hydrogen-bond donors (Lipinski definition) is 1. The van der Waals surface area contributed by atoms with Crippen LogP contribution >= 0.6 is 11.8 Å². The smallest absolute Gasteiger partial charge is 0.241 e. The van der Waals surface area contributed by atoms with Gasteiger partial charge in [0.15, 0.2) is 5.17 Å². The van der Waals surface area contributed by atoms with E-state index in [2.05, 4.69) is 10.4 Å². The van der Waals surface area contributed by atoms with Crippen LogP contribution in [0.4, 0.5) is 0 Å². The van der Waals surface area contributed by atoms with Gasteiger partial charge >= 0.3 is 0 Å². The molecule has 2 rings (SSSR count). The highest BCUT2D eigenvalue weighted by atomic mass is 32.2. The van der Waals surface area contributed by atoms with Gasteiger partial charge in [0, 0.05) is 19.4 Å². The van der Waals surface area contributed by atoms with Gasteiger partial charge in [0.05, 0.1) is 14.2 Å². The zero-order chi connectivity index (χ0) is 16.3. The van der Waals surface area contributed by atoms with Crippen LogP contribution in [0.25, 0.3) is 0 Å². The lowest BCUT2D eigenvalue weighted by atomic mass is 10.1. The van der Waals surface area contributed by atoms with Crippen LogP contribution in [0.3, 0.4) is 0 Å². The SMILES string of the molecule is COc1ccc(OC)c([C@H]2SC(NC(C)=O)=NN2C(C)=O)c1. The lowest BCUT2D eigenvalue weighted by Gasteiger charge is -2.21. The Hall–Kier alpha value is -2.22. The van der Waals surface area contributed by atoms with Gasteiger partial charge < -0.3 is 14.8 Å². The van der Waals surface area contributed by atoms with E-state index in [1.165, 1.54) is 30.6 Å². The van der Waals surface area contributed by atoms with E-state index in [1.54, 1.807) is 32.4 Å². The van der Waals surface area contributed by atoms with Crippen molar-refractivity contribution in [3.05, 3.63) is 23.8 Å². The summed E-state index contributed by atoms with van der Waals surface area (Å²) in [6, 6.07) is 5.33. The van der Waals surface area contributed by atoms with E-state index >= 15 is 0 Å². The standard InChI is InChI=1S/C14H17N3O4S/c1-8(18)15-14-16-17(9(2)19)13(22-14)11-7-10(20-3)5-6-12(11)21-4/h5-7,13H,1-4H3,(H,15,16,18)/t13-/m1/s1. The van der Waals surface area contributed by atoms with Crippen molar-refractivity contribution in [2.75, 3.05) is 14.2 Å². The summed E-state index contributed by atoms with van der Waals surface area (Å²) in [5.74, 6) is 0.785. The molecule has 0 saturated carbocycles. The van der Waals surface area contributed by atoms with E-state index in [0.717, 1.165) is 5.56 Å². The second kappa shape index (κ2) is 6.69. The highest BCUT2D eigenvalue weighted by molar-refractivity contribution is 8.14. The first-order chi connectivity index (χ1) is 10.5. The van der Waals surface area contributed by atoms with Crippen LogP contribution in [0.1, 0.15) is 24.8 Å². The summed E-state index contributed by atoms with van der Waals surface area (Å²) in [7, 11) is 3.12. The Kier molecular flexibility index (Phi) is 4.92. The van der Waals surface area contributed by atoms with Gasteiger partial charge in [-0.15, -0.1) is 5.10 Å². The van der Waals surface area contributed by atoms with E-state index < -0.39 is 5.37 Å². The summed E-state index contributed by atoms with van der Waals surface area (Å²) in [5.41, 5.74) is 0.742. The fourth-order valence-electron chi connectivity index (χ4n) is 2.00. The van der Waals surface area contributed by atoms with Gasteiger partial charge in [0.1, 0.15) is 16.9 Å². The monoisotopic (exact) mass is 323 g/mol. The van der Waals surface area contributed by atoms with Crippen LogP contribution in [0.15, 0.2) is 23.3 Å². The molecule has 22 heavy (non-hydrogen) atoms. The molecule has 0 aromatic heterocycles. The Bertz CT molecular complexity index is 633. The highest BCUT2D eigenvalue weighted by Gasteiger charge is 2.34. The summed E-state index contributed by atoms with van der Waals surface area (Å²) in [6.07, 6.45) is 0. The second-order valence-corrected chi connectivity index (χ2v) is 5.60. The molecule has 0 radical (unpaired) electrons. The number of carbonyl (C=O) groups is 2. The largest absolute Gasteiger partial charge is 0.497 e. The van der Waals surface area contributed by atoms with Gasteiger partial charge in [0.2, 0.25) is 11.8 Å². The van der Waals surface area contributed by atoms with Crippen molar-refractivity contribution in [3.8, 4) is 11.5 Å². The molecule has 2 amide bonds. The zero-order valence-corrected chi connectivity index (χ0v) is 13.6. The molecule has 1 N–H and O–H groups in total. The second-order valence-electron chi connectivity index (χ2n) is 4.53. The Morgan fingerprint density at radius 1 is 1.27 bits per heavy atom. The maximum absolute atomic E-state index is 11.8. The van der Waals surface area contributed by atoms with Crippen LogP contribution in [0.5, 0.6) is 11.5 Å². The molecule has 0 aliphatic carbocycles. The van der Waals surface area contributed by atoms with Crippen molar-refractivity contribution in [3.63, 3.8) is 0 Å². The number of rotatable bonds is 3. The lowest BCUT2D eigenvalue weighted by Crippen LogP contribution is -2.25. The van der Waals surface area contributed by atoms with E-state index in [0.29, 0.717) is 16.7 Å². The topological polar surface area (TPSA) is 80.2 Å². The molecule has 0 bridgehead atoms. The van der Waals surface area contributed by atoms with Gasteiger partial charge in [-0.1, -0.05) is 11.8 Å². The number of nitrogens with one attached hydrogen (secondary N) is 1. The fraction of sp³-hybridized carbons (Fsp3) is 0.357. The van der Waals surface area contributed by atoms with Crippen molar-refractivity contribution in [1.82, 2.24) is 10.3 Å². The molecule has 1 aliphatic rings. The number of thioether (sulfide) groups is 1. The first-order valence-electron chi connectivity index (χ1n) is 6.50. The molecule has 0 spiro atoms. The highest BCUT2D eigenvalue weighted by Crippen LogP contribution is 2.43. The Labute approximate surface area is 132 Å². The third-order valence-corrected chi connectivity index (χ3v) is 4.04. The predicted molar refractivity (Wildman–Crippen MR) is 83.6 cm³/mol. The molecule has 1 aliphatic heterocycles. The number of amidine groups is 1. The Morgan fingerprint density at radius 3 is 2.55 bits per heavy atom. The average molecular weight is 323 g/mol. The van der Waals surface area contributed by atoms with Gasteiger partial charge in [-0.25, -0.2) is 5.01 Å². The van der Waals surface area contributed by atoms with E-state index in [-0.39, 0.29) is 11.8 Å². The lowest BCUT2D eigenvalue weighted by molar-refractivity contribution is -0.129. The summed E-state index contributed by atoms with van der Waals surface area (Å²) >= 11 is 1.26. The molecule has 8 heteroatoms. The molecule has 1 atom stereocenters. The maximum Gasteiger partial charge on any atom is 0.241 e. The molecular weight excluding hydrogens is 306 g/mol. The normalized spacial score (nSPS) is 17.0. The van der Waals surface area contributed by atoms with E-state index in [4.69, 9.17) is 9.47 Å². The number of methoxy groups -OCH3 is 2. The number of benzene rings is 1. The quantitative estimate of drug-likeness (QED) is 0.916. The van der Waals surface area contributed by atoms with E-state index in [9.17, 15) is 9.59 Å². The van der Waals surface area contributed by atoms with Gasteiger partial charge in [0.25, 0.3) is 0 Å². The first-order valence-corrected chi connectivity index (χ1v) is 7.38. The molecule has 118 valence electrons. The number of hydrogen-bond acceptors (Lipinski definition) is 6. The Balaban J connectivity index is 2.39. The summed E-state index contributed by atoms with van der Waals surface area (Å²) in [5, 5.41) is 8.01. The van der Waals surface area contributed by atoms with Crippen molar-refractivity contribution in [1.29, 1.82) is 0 Å². The predicted octanol–water partition coefficient (Wildman–Crippen LogP) is 1.70. The van der Waals surface area contributed by atoms with Gasteiger partial charge in [-0.2, -0.15) is 0 Å². The molecule has 1 heterocycles. The number of nitrogens with zero attached hydrogens (tertiary/aromatic N) is 2. The van der Waals surface area contributed by atoms with Crippen molar-refractivity contribution in [2.45, 2.75) is 19.2 Å². The third-order valence-electron chi connectivity index (χ3n) is 2.95. The number of amides is 2.